The third-order valence-corrected chi connectivity index (χ3v) is 2.46. The summed E-state index contributed by atoms with van der Waals surface area (Å²) in [4.78, 5) is 4.34. The van der Waals surface area contributed by atoms with Gasteiger partial charge in [-0.05, 0) is 24.3 Å². The smallest absolute Gasteiger partial charge is 0.119 e. The summed E-state index contributed by atoms with van der Waals surface area (Å²) in [5.41, 5.74) is 8.04. The van der Waals surface area contributed by atoms with Crippen LogP contribution in [0.3, 0.4) is 0 Å². The van der Waals surface area contributed by atoms with E-state index in [1.165, 1.54) is 0 Å². The molecule has 0 aliphatic carbocycles. The van der Waals surface area contributed by atoms with E-state index in [-0.39, 0.29) is 0 Å². The second kappa shape index (κ2) is 4.84. The van der Waals surface area contributed by atoms with Crippen molar-refractivity contribution < 1.29 is 4.74 Å². The molecule has 0 bridgehead atoms. The summed E-state index contributed by atoms with van der Waals surface area (Å²) in [5.74, 6) is 0.814. The molecule has 0 saturated heterocycles. The highest BCUT2D eigenvalue weighted by molar-refractivity contribution is 5.83. The van der Waals surface area contributed by atoms with Crippen LogP contribution in [-0.2, 0) is 0 Å². The highest BCUT2D eigenvalue weighted by Crippen LogP contribution is 2.22. The maximum absolute atomic E-state index is 5.48. The Morgan fingerprint density at radius 1 is 1.47 bits per heavy atom. The average Bonchev–Trinajstić information content (AvgIpc) is 2.37. The second-order valence-corrected chi connectivity index (χ2v) is 3.72. The van der Waals surface area contributed by atoms with Gasteiger partial charge >= 0.3 is 0 Å². The van der Waals surface area contributed by atoms with Gasteiger partial charge in [-0.15, -0.1) is 0 Å². The number of methoxy groups -OCH3 is 1. The molecule has 4 nitrogen and oxygen atoms in total. The predicted octanol–water partition coefficient (Wildman–Crippen LogP) is 2.13. The second-order valence-electron chi connectivity index (χ2n) is 3.72. The fourth-order valence-electron chi connectivity index (χ4n) is 1.56. The number of nitrogens with one attached hydrogen (secondary N) is 1. The number of rotatable bonds is 4. The van der Waals surface area contributed by atoms with Crippen LogP contribution in [0.15, 0.2) is 42.7 Å². The average molecular weight is 229 g/mol. The van der Waals surface area contributed by atoms with E-state index in [9.17, 15) is 0 Å². The van der Waals surface area contributed by atoms with Crippen molar-refractivity contribution in [2.24, 2.45) is 5.73 Å². The third-order valence-electron chi connectivity index (χ3n) is 2.46. The van der Waals surface area contributed by atoms with E-state index >= 15 is 0 Å². The molecule has 1 heterocycles. The molecular weight excluding hydrogens is 214 g/mol. The quantitative estimate of drug-likeness (QED) is 0.843. The highest BCUT2D eigenvalue weighted by atomic mass is 16.5. The number of pyridine rings is 1. The van der Waals surface area contributed by atoms with Crippen molar-refractivity contribution in [1.82, 2.24) is 4.98 Å². The molecule has 17 heavy (non-hydrogen) atoms. The van der Waals surface area contributed by atoms with Crippen molar-refractivity contribution in [1.29, 1.82) is 0 Å². The summed E-state index contributed by atoms with van der Waals surface area (Å²) in [6.45, 7) is 4.19. The number of ether oxygens (including phenoxy) is 1. The molecule has 0 spiro atoms. The number of hydrogen-bond acceptors (Lipinski definition) is 4. The van der Waals surface area contributed by atoms with Crippen molar-refractivity contribution in [3.05, 3.63) is 42.7 Å². The summed E-state index contributed by atoms with van der Waals surface area (Å²) >= 11 is 0. The Kier molecular flexibility index (Phi) is 3.25. The summed E-state index contributed by atoms with van der Waals surface area (Å²) in [6, 6.07) is 7.75. The maximum Gasteiger partial charge on any atom is 0.119 e. The maximum atomic E-state index is 5.48. The molecule has 3 N–H and O–H groups in total. The lowest BCUT2D eigenvalue weighted by Gasteiger charge is -2.08. The number of anilines is 1. The van der Waals surface area contributed by atoms with E-state index < -0.39 is 0 Å². The molecule has 1 aromatic carbocycles. The Morgan fingerprint density at radius 3 is 3.00 bits per heavy atom. The lowest BCUT2D eigenvalue weighted by Crippen LogP contribution is -2.09. The van der Waals surface area contributed by atoms with E-state index in [4.69, 9.17) is 10.5 Å². The molecule has 0 aliphatic rings. The minimum atomic E-state index is 0.399. The first-order valence-electron chi connectivity index (χ1n) is 5.31. The van der Waals surface area contributed by atoms with Crippen molar-refractivity contribution in [2.75, 3.05) is 19.0 Å². The molecule has 0 atom stereocenters. The number of fused-ring (bicyclic) bond motifs is 1. The highest BCUT2D eigenvalue weighted by Gasteiger charge is 2.00. The summed E-state index contributed by atoms with van der Waals surface area (Å²) in [6.07, 6.45) is 1.76. The van der Waals surface area contributed by atoms with Crippen molar-refractivity contribution in [3.63, 3.8) is 0 Å². The topological polar surface area (TPSA) is 60.2 Å². The number of nitrogens with two attached hydrogens (primary N) is 1. The van der Waals surface area contributed by atoms with Crippen LogP contribution in [0, 0.1) is 0 Å². The zero-order valence-electron chi connectivity index (χ0n) is 9.73. The Morgan fingerprint density at radius 2 is 2.29 bits per heavy atom. The van der Waals surface area contributed by atoms with E-state index in [2.05, 4.69) is 16.9 Å². The van der Waals surface area contributed by atoms with Crippen LogP contribution >= 0.6 is 0 Å². The van der Waals surface area contributed by atoms with Crippen LogP contribution in [0.4, 0.5) is 5.69 Å². The summed E-state index contributed by atoms with van der Waals surface area (Å²) in [5, 5.41) is 4.11. The van der Waals surface area contributed by atoms with Gasteiger partial charge in [-0.3, -0.25) is 4.98 Å². The first-order chi connectivity index (χ1) is 8.22. The zero-order valence-corrected chi connectivity index (χ0v) is 9.73. The van der Waals surface area contributed by atoms with Crippen molar-refractivity contribution >= 4 is 16.6 Å². The van der Waals surface area contributed by atoms with E-state index in [0.717, 1.165) is 28.0 Å². The number of aromatic nitrogens is 1. The molecule has 2 aromatic rings. The van der Waals surface area contributed by atoms with Gasteiger partial charge in [0.05, 0.1) is 24.5 Å². The van der Waals surface area contributed by atoms with Gasteiger partial charge < -0.3 is 15.8 Å². The number of nitrogens with zero attached hydrogens (tertiary/aromatic N) is 1. The lowest BCUT2D eigenvalue weighted by molar-refractivity contribution is 0.415. The standard InChI is InChI=1S/C13H15N3O/c1-9(7-14)16-11-5-10-6-12(17-2)3-4-13(10)15-8-11/h3-6,8,16H,1,7,14H2,2H3. The largest absolute Gasteiger partial charge is 0.497 e. The molecule has 0 amide bonds. The third kappa shape index (κ3) is 2.54. The van der Waals surface area contributed by atoms with Gasteiger partial charge in [-0.1, -0.05) is 6.58 Å². The van der Waals surface area contributed by atoms with Crippen LogP contribution in [0.25, 0.3) is 10.9 Å². The normalized spacial score (nSPS) is 10.2. The van der Waals surface area contributed by atoms with E-state index in [0.29, 0.717) is 6.54 Å². The van der Waals surface area contributed by atoms with Gasteiger partial charge in [-0.2, -0.15) is 0 Å². The Labute approximate surface area is 100 Å². The van der Waals surface area contributed by atoms with Crippen molar-refractivity contribution in [2.45, 2.75) is 0 Å². The SMILES string of the molecule is C=C(CN)Nc1cnc2ccc(OC)cc2c1. The molecule has 0 aliphatic heterocycles. The van der Waals surface area contributed by atoms with Gasteiger partial charge in [0.15, 0.2) is 0 Å². The van der Waals surface area contributed by atoms with Gasteiger partial charge in [0.2, 0.25) is 0 Å². The van der Waals surface area contributed by atoms with Crippen molar-refractivity contribution in [3.8, 4) is 5.75 Å². The fraction of sp³-hybridized carbons (Fsp3) is 0.154. The van der Waals surface area contributed by atoms with Crippen LogP contribution in [0.5, 0.6) is 5.75 Å². The minimum absolute atomic E-state index is 0.399. The van der Waals surface area contributed by atoms with Gasteiger partial charge in [-0.25, -0.2) is 0 Å². The molecule has 88 valence electrons. The predicted molar refractivity (Wildman–Crippen MR) is 70.1 cm³/mol. The summed E-state index contributed by atoms with van der Waals surface area (Å²) < 4.78 is 5.18. The minimum Gasteiger partial charge on any atom is -0.497 e. The first-order valence-corrected chi connectivity index (χ1v) is 5.31. The molecule has 1 aromatic heterocycles. The molecule has 2 rings (SSSR count). The first kappa shape index (κ1) is 11.4. The monoisotopic (exact) mass is 229 g/mol. The molecule has 4 heteroatoms. The van der Waals surface area contributed by atoms with E-state index in [1.807, 2.05) is 24.3 Å². The Balaban J connectivity index is 2.37. The molecule has 0 unspecified atom stereocenters. The van der Waals surface area contributed by atoms with Crippen LogP contribution in [0.1, 0.15) is 0 Å². The molecule has 0 radical (unpaired) electrons. The van der Waals surface area contributed by atoms with Gasteiger partial charge in [0.25, 0.3) is 0 Å². The molecular formula is C13H15N3O. The van der Waals surface area contributed by atoms with Crippen LogP contribution < -0.4 is 15.8 Å². The fourth-order valence-corrected chi connectivity index (χ4v) is 1.56. The number of hydrogen-bond donors (Lipinski definition) is 2. The summed E-state index contributed by atoms with van der Waals surface area (Å²) in [7, 11) is 1.65. The Hall–Kier alpha value is -2.07. The van der Waals surface area contributed by atoms with E-state index in [1.54, 1.807) is 13.3 Å². The Bertz CT molecular complexity index is 551. The molecule has 0 fully saturated rings. The van der Waals surface area contributed by atoms with Gasteiger partial charge in [0.1, 0.15) is 5.75 Å². The number of benzene rings is 1. The lowest BCUT2D eigenvalue weighted by atomic mass is 10.2. The zero-order chi connectivity index (χ0) is 12.3. The van der Waals surface area contributed by atoms with Crippen LogP contribution in [0.2, 0.25) is 0 Å². The van der Waals surface area contributed by atoms with Gasteiger partial charge in [0, 0.05) is 17.6 Å². The molecule has 0 saturated carbocycles. The van der Waals surface area contributed by atoms with Crippen LogP contribution in [-0.4, -0.2) is 18.6 Å².